The van der Waals surface area contributed by atoms with Gasteiger partial charge >= 0.3 is 0 Å². The molecule has 0 heterocycles. The number of carbonyl (C=O) groups excluding carboxylic acids is 1. The minimum absolute atomic E-state index is 0.0344. The van der Waals surface area contributed by atoms with Gasteiger partial charge in [-0.3, -0.25) is 4.79 Å². The van der Waals surface area contributed by atoms with Crippen LogP contribution in [-0.2, 0) is 9.47 Å². The van der Waals surface area contributed by atoms with Crippen LogP contribution in [0.25, 0.3) is 0 Å². The van der Waals surface area contributed by atoms with Gasteiger partial charge in [-0.25, -0.2) is 0 Å². The van der Waals surface area contributed by atoms with E-state index in [1.165, 1.54) is 0 Å². The summed E-state index contributed by atoms with van der Waals surface area (Å²) in [6, 6.07) is 7.32. The number of ether oxygens (including phenoxy) is 2. The normalized spacial score (nSPS) is 10.4. The lowest BCUT2D eigenvalue weighted by Gasteiger charge is -2.06. The second-order valence-electron chi connectivity index (χ2n) is 4.08. The zero-order chi connectivity index (χ0) is 13.9. The molecule has 1 rings (SSSR count). The van der Waals surface area contributed by atoms with Crippen molar-refractivity contribution < 1.29 is 14.3 Å². The number of hydrogen-bond donors (Lipinski definition) is 1. The second-order valence-corrected chi connectivity index (χ2v) is 4.99. The van der Waals surface area contributed by atoms with Crippen LogP contribution in [0.1, 0.15) is 23.2 Å². The molecule has 0 saturated heterocycles. The molecule has 0 radical (unpaired) electrons. The van der Waals surface area contributed by atoms with Crippen molar-refractivity contribution in [2.24, 2.45) is 0 Å². The lowest BCUT2D eigenvalue weighted by molar-refractivity contribution is 0.0686. The molecule has 0 atom stereocenters. The van der Waals surface area contributed by atoms with Crippen LogP contribution >= 0.6 is 15.9 Å². The predicted octanol–water partition coefficient (Wildman–Crippen LogP) is 2.62. The third kappa shape index (κ3) is 7.30. The molecule has 0 fully saturated rings. The number of benzene rings is 1. The third-order valence-corrected chi connectivity index (χ3v) is 3.07. The fourth-order valence-corrected chi connectivity index (χ4v) is 1.74. The first kappa shape index (κ1) is 16.1. The number of halogens is 1. The Labute approximate surface area is 122 Å². The monoisotopic (exact) mass is 329 g/mol. The van der Waals surface area contributed by atoms with Gasteiger partial charge in [0.2, 0.25) is 0 Å². The van der Waals surface area contributed by atoms with Gasteiger partial charge in [-0.15, -0.1) is 0 Å². The molecule has 0 saturated carbocycles. The van der Waals surface area contributed by atoms with Crippen LogP contribution in [0.2, 0.25) is 0 Å². The van der Waals surface area contributed by atoms with Gasteiger partial charge in [0.05, 0.1) is 13.2 Å². The highest BCUT2D eigenvalue weighted by Gasteiger charge is 2.03. The zero-order valence-electron chi connectivity index (χ0n) is 11.2. The maximum atomic E-state index is 11.8. The number of hydrogen-bond acceptors (Lipinski definition) is 3. The van der Waals surface area contributed by atoms with Crippen LogP contribution in [-0.4, -0.2) is 39.4 Å². The fourth-order valence-electron chi connectivity index (χ4n) is 1.48. The highest BCUT2D eigenvalue weighted by Crippen LogP contribution is 2.10. The molecule has 0 spiro atoms. The van der Waals surface area contributed by atoms with E-state index in [0.717, 1.165) is 17.3 Å². The Kier molecular flexibility index (Phi) is 8.45. The molecule has 19 heavy (non-hydrogen) atoms. The highest BCUT2D eigenvalue weighted by molar-refractivity contribution is 9.10. The van der Waals surface area contributed by atoms with E-state index in [9.17, 15) is 4.79 Å². The lowest BCUT2D eigenvalue weighted by Crippen LogP contribution is -2.24. The van der Waals surface area contributed by atoms with Crippen molar-refractivity contribution in [3.05, 3.63) is 34.3 Å². The molecule has 1 aromatic rings. The van der Waals surface area contributed by atoms with Crippen LogP contribution in [0.3, 0.4) is 0 Å². The van der Waals surface area contributed by atoms with Crippen molar-refractivity contribution in [1.29, 1.82) is 0 Å². The molecule has 5 heteroatoms. The number of nitrogens with one attached hydrogen (secondary N) is 1. The van der Waals surface area contributed by atoms with Gasteiger partial charge in [0, 0.05) is 30.3 Å². The lowest BCUT2D eigenvalue weighted by atomic mass is 10.2. The highest BCUT2D eigenvalue weighted by atomic mass is 79.9. The third-order valence-electron chi connectivity index (χ3n) is 2.54. The topological polar surface area (TPSA) is 47.6 Å². The predicted molar refractivity (Wildman–Crippen MR) is 78.4 cm³/mol. The van der Waals surface area contributed by atoms with Gasteiger partial charge in [0.1, 0.15) is 0 Å². The molecule has 4 nitrogen and oxygen atoms in total. The summed E-state index contributed by atoms with van der Waals surface area (Å²) in [5.41, 5.74) is 0.680. The summed E-state index contributed by atoms with van der Waals surface area (Å²) in [6.07, 6.45) is 1.85. The van der Waals surface area contributed by atoms with E-state index in [-0.39, 0.29) is 5.91 Å². The molecule has 0 unspecified atom stereocenters. The Hall–Kier alpha value is -0.910. The van der Waals surface area contributed by atoms with Crippen LogP contribution in [0.15, 0.2) is 28.7 Å². The fraction of sp³-hybridized carbons (Fsp3) is 0.500. The first-order valence-electron chi connectivity index (χ1n) is 6.34. The van der Waals surface area contributed by atoms with Crippen molar-refractivity contribution in [3.8, 4) is 0 Å². The van der Waals surface area contributed by atoms with Gasteiger partial charge < -0.3 is 14.8 Å². The van der Waals surface area contributed by atoms with Gasteiger partial charge in [-0.2, -0.15) is 0 Å². The summed E-state index contributed by atoms with van der Waals surface area (Å²) in [4.78, 5) is 11.8. The molecule has 1 amide bonds. The van der Waals surface area contributed by atoms with Crippen LogP contribution in [0.4, 0.5) is 0 Å². The van der Waals surface area contributed by atoms with E-state index in [0.29, 0.717) is 31.9 Å². The van der Waals surface area contributed by atoms with E-state index in [4.69, 9.17) is 9.47 Å². The summed E-state index contributed by atoms with van der Waals surface area (Å²) < 4.78 is 11.2. The Bertz CT molecular complexity index is 367. The van der Waals surface area contributed by atoms with Crippen LogP contribution < -0.4 is 5.32 Å². The largest absolute Gasteiger partial charge is 0.382 e. The second kappa shape index (κ2) is 9.95. The molecule has 0 aliphatic rings. The van der Waals surface area contributed by atoms with E-state index >= 15 is 0 Å². The number of amides is 1. The van der Waals surface area contributed by atoms with Gasteiger partial charge in [-0.05, 0) is 37.1 Å². The van der Waals surface area contributed by atoms with Crippen LogP contribution in [0, 0.1) is 0 Å². The summed E-state index contributed by atoms with van der Waals surface area (Å²) in [7, 11) is 1.65. The van der Waals surface area contributed by atoms with Crippen LogP contribution in [0.5, 0.6) is 0 Å². The minimum Gasteiger partial charge on any atom is -0.382 e. The summed E-state index contributed by atoms with van der Waals surface area (Å²) in [6.45, 7) is 2.63. The Morgan fingerprint density at radius 1 is 1.16 bits per heavy atom. The molecule has 106 valence electrons. The van der Waals surface area contributed by atoms with Crippen molar-refractivity contribution in [2.75, 3.05) is 33.5 Å². The van der Waals surface area contributed by atoms with E-state index in [2.05, 4.69) is 21.2 Å². The molecular weight excluding hydrogens is 310 g/mol. The number of unbranched alkanes of at least 4 members (excludes halogenated alkanes) is 1. The number of rotatable bonds is 9. The minimum atomic E-state index is -0.0344. The van der Waals surface area contributed by atoms with Crippen molar-refractivity contribution in [3.63, 3.8) is 0 Å². The van der Waals surface area contributed by atoms with Crippen molar-refractivity contribution in [1.82, 2.24) is 5.32 Å². The molecule has 1 aromatic carbocycles. The Morgan fingerprint density at radius 2 is 1.89 bits per heavy atom. The molecule has 0 aromatic heterocycles. The smallest absolute Gasteiger partial charge is 0.251 e. The van der Waals surface area contributed by atoms with E-state index in [1.54, 1.807) is 19.2 Å². The molecule has 0 bridgehead atoms. The first-order valence-corrected chi connectivity index (χ1v) is 7.14. The number of methoxy groups -OCH3 is 1. The molecule has 1 N–H and O–H groups in total. The van der Waals surface area contributed by atoms with Gasteiger partial charge in [0.15, 0.2) is 0 Å². The van der Waals surface area contributed by atoms with Gasteiger partial charge in [0.25, 0.3) is 5.91 Å². The molecule has 0 aliphatic heterocycles. The summed E-state index contributed by atoms with van der Waals surface area (Å²) in [5, 5.41) is 2.89. The average Bonchev–Trinajstić information content (AvgIpc) is 2.42. The first-order chi connectivity index (χ1) is 9.24. The SMILES string of the molecule is COCCOCCCCNC(=O)c1ccc(Br)cc1. The number of carbonyl (C=O) groups is 1. The van der Waals surface area contributed by atoms with E-state index in [1.807, 2.05) is 12.1 Å². The average molecular weight is 330 g/mol. The molecular formula is C14H20BrNO3. The van der Waals surface area contributed by atoms with Crippen molar-refractivity contribution >= 4 is 21.8 Å². The Balaban J connectivity index is 2.06. The zero-order valence-corrected chi connectivity index (χ0v) is 12.7. The maximum Gasteiger partial charge on any atom is 0.251 e. The standard InChI is InChI=1S/C14H20BrNO3/c1-18-10-11-19-9-3-2-8-16-14(17)12-4-6-13(15)7-5-12/h4-7H,2-3,8-11H2,1H3,(H,16,17). The van der Waals surface area contributed by atoms with Crippen molar-refractivity contribution in [2.45, 2.75) is 12.8 Å². The summed E-state index contributed by atoms with van der Waals surface area (Å²) >= 11 is 3.34. The van der Waals surface area contributed by atoms with E-state index < -0.39 is 0 Å². The maximum absolute atomic E-state index is 11.8. The summed E-state index contributed by atoms with van der Waals surface area (Å²) in [5.74, 6) is -0.0344. The molecule has 0 aliphatic carbocycles. The Morgan fingerprint density at radius 3 is 2.58 bits per heavy atom. The quantitative estimate of drug-likeness (QED) is 0.708. The van der Waals surface area contributed by atoms with Gasteiger partial charge in [-0.1, -0.05) is 15.9 Å².